The third kappa shape index (κ3) is 2.69. The van der Waals surface area contributed by atoms with E-state index in [-0.39, 0.29) is 0 Å². The second-order valence-electron chi connectivity index (χ2n) is 2.34. The van der Waals surface area contributed by atoms with Crippen LogP contribution in [0.4, 0.5) is 0 Å². The van der Waals surface area contributed by atoms with Gasteiger partial charge in [-0.2, -0.15) is 5.10 Å². The molecule has 0 amide bonds. The highest BCUT2D eigenvalue weighted by Gasteiger charge is 2.02. The second kappa shape index (κ2) is 4.10. The van der Waals surface area contributed by atoms with Gasteiger partial charge in [-0.25, -0.2) is 0 Å². The fraction of sp³-hybridized carbons (Fsp3) is 0.571. The average Bonchev–Trinajstić information content (AvgIpc) is 2.40. The Morgan fingerprint density at radius 1 is 1.73 bits per heavy atom. The molecular weight excluding hydrogens is 144 g/mol. The molecule has 0 aromatic carbocycles. The molecule has 0 aliphatic heterocycles. The number of aliphatic hydroxyl groups is 1. The quantitative estimate of drug-likeness (QED) is 0.661. The van der Waals surface area contributed by atoms with Crippen LogP contribution in [0.3, 0.4) is 0 Å². The van der Waals surface area contributed by atoms with Gasteiger partial charge in [0.1, 0.15) is 0 Å². The maximum atomic E-state index is 9.24. The van der Waals surface area contributed by atoms with E-state index in [0.717, 1.165) is 0 Å². The Kier molecular flexibility index (Phi) is 3.07. The summed E-state index contributed by atoms with van der Waals surface area (Å²) >= 11 is 0. The minimum atomic E-state index is -0.472. The zero-order chi connectivity index (χ0) is 8.10. The van der Waals surface area contributed by atoms with Crippen molar-refractivity contribution in [3.63, 3.8) is 0 Å². The first-order valence-corrected chi connectivity index (χ1v) is 3.47. The molecule has 1 aromatic heterocycles. The molecule has 0 aliphatic rings. The summed E-state index contributed by atoms with van der Waals surface area (Å²) < 4.78 is 6.43. The zero-order valence-electron chi connectivity index (χ0n) is 6.47. The molecule has 62 valence electrons. The monoisotopic (exact) mass is 156 g/mol. The summed E-state index contributed by atoms with van der Waals surface area (Å²) in [4.78, 5) is 0. The topological polar surface area (TPSA) is 47.3 Å². The predicted molar refractivity (Wildman–Crippen MR) is 40.1 cm³/mol. The second-order valence-corrected chi connectivity index (χ2v) is 2.34. The highest BCUT2D eigenvalue weighted by molar-refractivity contribution is 4.78. The van der Waals surface area contributed by atoms with Crippen LogP contribution < -0.4 is 0 Å². The standard InChI is InChI=1S/C7H12N2O2/c1-11-6-7(10)5-9-4-2-3-8-9/h2-4,7,10H,5-6H2,1H3/t7-/m1/s1. The molecule has 0 aliphatic carbocycles. The smallest absolute Gasteiger partial charge is 0.0968 e. The summed E-state index contributed by atoms with van der Waals surface area (Å²) in [5, 5.41) is 13.2. The lowest BCUT2D eigenvalue weighted by Gasteiger charge is -2.08. The molecule has 1 N–H and O–H groups in total. The number of methoxy groups -OCH3 is 1. The van der Waals surface area contributed by atoms with Gasteiger partial charge in [0.25, 0.3) is 0 Å². The largest absolute Gasteiger partial charge is 0.389 e. The molecule has 1 heterocycles. The minimum Gasteiger partial charge on any atom is -0.389 e. The van der Waals surface area contributed by atoms with E-state index in [1.165, 1.54) is 0 Å². The maximum absolute atomic E-state index is 9.24. The Labute approximate surface area is 65.4 Å². The molecule has 4 nitrogen and oxygen atoms in total. The summed E-state index contributed by atoms with van der Waals surface area (Å²) in [6, 6.07) is 1.82. The molecule has 1 aromatic rings. The van der Waals surface area contributed by atoms with Crippen LogP contribution in [0.1, 0.15) is 0 Å². The molecule has 0 saturated carbocycles. The van der Waals surface area contributed by atoms with Crippen LogP contribution in [0, 0.1) is 0 Å². The molecule has 0 spiro atoms. The van der Waals surface area contributed by atoms with E-state index in [0.29, 0.717) is 13.2 Å². The highest BCUT2D eigenvalue weighted by Crippen LogP contribution is 1.90. The van der Waals surface area contributed by atoms with Crippen molar-refractivity contribution >= 4 is 0 Å². The lowest BCUT2D eigenvalue weighted by Crippen LogP contribution is -2.21. The van der Waals surface area contributed by atoms with Crippen LogP contribution in [0.5, 0.6) is 0 Å². The summed E-state index contributed by atoms with van der Waals surface area (Å²) in [6.07, 6.45) is 3.01. The molecule has 1 atom stereocenters. The molecule has 0 radical (unpaired) electrons. The first kappa shape index (κ1) is 8.23. The van der Waals surface area contributed by atoms with Crippen molar-refractivity contribution in [3.05, 3.63) is 18.5 Å². The molecule has 0 bridgehead atoms. The van der Waals surface area contributed by atoms with E-state index in [1.54, 1.807) is 24.2 Å². The number of nitrogens with zero attached hydrogens (tertiary/aromatic N) is 2. The molecule has 0 unspecified atom stereocenters. The van der Waals surface area contributed by atoms with Crippen LogP contribution in [-0.2, 0) is 11.3 Å². The van der Waals surface area contributed by atoms with Gasteiger partial charge in [0.2, 0.25) is 0 Å². The molecule has 0 saturated heterocycles. The molecule has 4 heteroatoms. The van der Waals surface area contributed by atoms with E-state index in [1.807, 2.05) is 6.07 Å². The van der Waals surface area contributed by atoms with Crippen LogP contribution in [0.25, 0.3) is 0 Å². The molecule has 1 rings (SSSR count). The normalized spacial score (nSPS) is 13.3. The number of ether oxygens (including phenoxy) is 1. The first-order valence-electron chi connectivity index (χ1n) is 3.47. The summed E-state index contributed by atoms with van der Waals surface area (Å²) in [5.74, 6) is 0. The Hall–Kier alpha value is -0.870. The molecule has 0 fully saturated rings. The van der Waals surface area contributed by atoms with Gasteiger partial charge in [0, 0.05) is 19.5 Å². The van der Waals surface area contributed by atoms with E-state index < -0.39 is 6.10 Å². The average molecular weight is 156 g/mol. The fourth-order valence-electron chi connectivity index (χ4n) is 0.869. The summed E-state index contributed by atoms with van der Waals surface area (Å²) in [6.45, 7) is 0.834. The van der Waals surface area contributed by atoms with Crippen molar-refractivity contribution in [3.8, 4) is 0 Å². The summed E-state index contributed by atoms with van der Waals surface area (Å²) in [5.41, 5.74) is 0. The van der Waals surface area contributed by atoms with Gasteiger partial charge in [0.15, 0.2) is 0 Å². The molecular formula is C7H12N2O2. The highest BCUT2D eigenvalue weighted by atomic mass is 16.5. The van der Waals surface area contributed by atoms with Crippen molar-refractivity contribution in [2.24, 2.45) is 0 Å². The van der Waals surface area contributed by atoms with E-state index in [9.17, 15) is 5.11 Å². The van der Waals surface area contributed by atoms with Gasteiger partial charge in [-0.1, -0.05) is 0 Å². The van der Waals surface area contributed by atoms with Crippen LogP contribution in [0.15, 0.2) is 18.5 Å². The SMILES string of the molecule is COC[C@H](O)Cn1cccn1. The van der Waals surface area contributed by atoms with E-state index in [4.69, 9.17) is 4.74 Å². The maximum Gasteiger partial charge on any atom is 0.0968 e. The van der Waals surface area contributed by atoms with Crippen molar-refractivity contribution in [1.29, 1.82) is 0 Å². The molecule has 11 heavy (non-hydrogen) atoms. The third-order valence-electron chi connectivity index (χ3n) is 1.32. The number of hydrogen-bond donors (Lipinski definition) is 1. The Morgan fingerprint density at radius 3 is 3.09 bits per heavy atom. The van der Waals surface area contributed by atoms with Crippen molar-refractivity contribution in [1.82, 2.24) is 9.78 Å². The van der Waals surface area contributed by atoms with Crippen LogP contribution in [-0.4, -0.2) is 34.7 Å². The van der Waals surface area contributed by atoms with E-state index in [2.05, 4.69) is 5.10 Å². The predicted octanol–water partition coefficient (Wildman–Crippen LogP) is -0.110. The minimum absolute atomic E-state index is 0.347. The van der Waals surface area contributed by atoms with Gasteiger partial charge in [-0.05, 0) is 6.07 Å². The van der Waals surface area contributed by atoms with Gasteiger partial charge in [0.05, 0.1) is 19.3 Å². The van der Waals surface area contributed by atoms with Crippen molar-refractivity contribution < 1.29 is 9.84 Å². The third-order valence-corrected chi connectivity index (χ3v) is 1.32. The van der Waals surface area contributed by atoms with E-state index >= 15 is 0 Å². The van der Waals surface area contributed by atoms with Crippen molar-refractivity contribution in [2.45, 2.75) is 12.6 Å². The number of hydrogen-bond acceptors (Lipinski definition) is 3. The van der Waals surface area contributed by atoms with Gasteiger partial charge >= 0.3 is 0 Å². The van der Waals surface area contributed by atoms with Gasteiger partial charge in [-0.3, -0.25) is 4.68 Å². The fourth-order valence-corrected chi connectivity index (χ4v) is 0.869. The Bertz CT molecular complexity index is 186. The lowest BCUT2D eigenvalue weighted by atomic mass is 10.4. The van der Waals surface area contributed by atoms with Gasteiger partial charge in [-0.15, -0.1) is 0 Å². The number of rotatable bonds is 4. The van der Waals surface area contributed by atoms with Gasteiger partial charge < -0.3 is 9.84 Å². The van der Waals surface area contributed by atoms with Crippen LogP contribution in [0.2, 0.25) is 0 Å². The first-order chi connectivity index (χ1) is 5.33. The lowest BCUT2D eigenvalue weighted by molar-refractivity contribution is 0.0514. The van der Waals surface area contributed by atoms with Crippen LogP contribution >= 0.6 is 0 Å². The van der Waals surface area contributed by atoms with Crippen molar-refractivity contribution in [2.75, 3.05) is 13.7 Å². The number of aromatic nitrogens is 2. The Balaban J connectivity index is 2.31. The summed E-state index contributed by atoms with van der Waals surface area (Å²) in [7, 11) is 1.56. The number of aliphatic hydroxyl groups excluding tert-OH is 1. The Morgan fingerprint density at radius 2 is 2.55 bits per heavy atom. The zero-order valence-corrected chi connectivity index (χ0v) is 6.47.